The van der Waals surface area contributed by atoms with Gasteiger partial charge in [-0.3, -0.25) is 14.5 Å². The van der Waals surface area contributed by atoms with Crippen LogP contribution in [0.25, 0.3) is 0 Å². The fourth-order valence-corrected chi connectivity index (χ4v) is 3.00. The zero-order chi connectivity index (χ0) is 18.9. The lowest BCUT2D eigenvalue weighted by atomic mass is 10.1. The number of fused-ring (bicyclic) bond motifs is 1. The van der Waals surface area contributed by atoms with Crippen molar-refractivity contribution in [3.8, 4) is 0 Å². The van der Waals surface area contributed by atoms with E-state index < -0.39 is 0 Å². The van der Waals surface area contributed by atoms with Crippen LogP contribution in [-0.4, -0.2) is 53.8 Å². The van der Waals surface area contributed by atoms with E-state index in [4.69, 9.17) is 0 Å². The van der Waals surface area contributed by atoms with Crippen molar-refractivity contribution in [2.45, 2.75) is 46.0 Å². The minimum absolute atomic E-state index is 0.0609. The number of imide groups is 1. The molecule has 6 nitrogen and oxygen atoms in total. The Morgan fingerprint density at radius 1 is 0.962 bits per heavy atom. The number of benzene rings is 1. The highest BCUT2D eigenvalue weighted by molar-refractivity contribution is 6.21. The number of hydrogen-bond donors (Lipinski definition) is 1. The standard InChI is InChI=1S/C20H29N3O3/c1-3-5-13-22(14-6-4-2)20(26)21-12-9-15-23-18(24)16-10-7-8-11-17(16)19(23)25/h7-8,10-11H,3-6,9,12-15H2,1-2H3,(H,21,26). The van der Waals surface area contributed by atoms with Crippen LogP contribution in [0.4, 0.5) is 4.79 Å². The SMILES string of the molecule is CCCCN(CCCC)C(=O)NCCCN1C(=O)c2ccccc2C1=O. The number of amides is 4. The van der Waals surface area contributed by atoms with Gasteiger partial charge in [0.15, 0.2) is 0 Å². The number of urea groups is 1. The van der Waals surface area contributed by atoms with Gasteiger partial charge >= 0.3 is 6.03 Å². The van der Waals surface area contributed by atoms with Crippen LogP contribution in [0.2, 0.25) is 0 Å². The normalized spacial score (nSPS) is 13.1. The van der Waals surface area contributed by atoms with E-state index in [9.17, 15) is 14.4 Å². The number of carbonyl (C=O) groups is 3. The number of unbranched alkanes of at least 4 members (excludes halogenated alkanes) is 2. The van der Waals surface area contributed by atoms with Crippen LogP contribution in [0.3, 0.4) is 0 Å². The fourth-order valence-electron chi connectivity index (χ4n) is 3.00. The predicted octanol–water partition coefficient (Wildman–Crippen LogP) is 3.28. The van der Waals surface area contributed by atoms with E-state index in [1.807, 2.05) is 4.90 Å². The van der Waals surface area contributed by atoms with Gasteiger partial charge in [-0.05, 0) is 31.4 Å². The molecular weight excluding hydrogens is 330 g/mol. The average Bonchev–Trinajstić information content (AvgIpc) is 2.90. The molecule has 1 aromatic rings. The monoisotopic (exact) mass is 359 g/mol. The summed E-state index contributed by atoms with van der Waals surface area (Å²) in [6, 6.07) is 6.81. The molecule has 0 aliphatic carbocycles. The number of hydrogen-bond acceptors (Lipinski definition) is 3. The zero-order valence-electron chi connectivity index (χ0n) is 15.8. The smallest absolute Gasteiger partial charge is 0.317 e. The van der Waals surface area contributed by atoms with Gasteiger partial charge < -0.3 is 10.2 Å². The van der Waals surface area contributed by atoms with E-state index in [0.29, 0.717) is 30.6 Å². The van der Waals surface area contributed by atoms with Crippen molar-refractivity contribution >= 4 is 17.8 Å². The van der Waals surface area contributed by atoms with E-state index in [1.54, 1.807) is 24.3 Å². The first-order valence-electron chi connectivity index (χ1n) is 9.58. The van der Waals surface area contributed by atoms with Crippen molar-refractivity contribution in [3.05, 3.63) is 35.4 Å². The molecule has 1 aliphatic heterocycles. The summed E-state index contributed by atoms with van der Waals surface area (Å²) in [5, 5.41) is 2.91. The summed E-state index contributed by atoms with van der Waals surface area (Å²) < 4.78 is 0. The quantitative estimate of drug-likeness (QED) is 0.515. The molecular formula is C20H29N3O3. The lowest BCUT2D eigenvalue weighted by Crippen LogP contribution is -2.42. The maximum Gasteiger partial charge on any atom is 0.317 e. The first-order chi connectivity index (χ1) is 12.6. The van der Waals surface area contributed by atoms with Crippen LogP contribution in [0, 0.1) is 0 Å². The van der Waals surface area contributed by atoms with E-state index >= 15 is 0 Å². The van der Waals surface area contributed by atoms with Crippen LogP contribution < -0.4 is 5.32 Å². The molecule has 0 saturated carbocycles. The van der Waals surface area contributed by atoms with Gasteiger partial charge in [-0.2, -0.15) is 0 Å². The van der Waals surface area contributed by atoms with Gasteiger partial charge in [0.05, 0.1) is 11.1 Å². The maximum atomic E-state index is 12.3. The predicted molar refractivity (Wildman–Crippen MR) is 101 cm³/mol. The number of carbonyl (C=O) groups excluding carboxylic acids is 3. The fraction of sp³-hybridized carbons (Fsp3) is 0.550. The molecule has 26 heavy (non-hydrogen) atoms. The third kappa shape index (κ3) is 4.84. The van der Waals surface area contributed by atoms with Gasteiger partial charge in [0, 0.05) is 26.2 Å². The Bertz CT molecular complexity index is 602. The highest BCUT2D eigenvalue weighted by Crippen LogP contribution is 2.22. The van der Waals surface area contributed by atoms with Crippen molar-refractivity contribution < 1.29 is 14.4 Å². The summed E-state index contributed by atoms with van der Waals surface area (Å²) in [5.41, 5.74) is 0.929. The second-order valence-electron chi connectivity index (χ2n) is 6.59. The average molecular weight is 359 g/mol. The second kappa shape index (κ2) is 9.94. The number of rotatable bonds is 10. The molecule has 0 aromatic heterocycles. The third-order valence-electron chi connectivity index (χ3n) is 4.56. The molecule has 0 unspecified atom stereocenters. The highest BCUT2D eigenvalue weighted by atomic mass is 16.2. The Morgan fingerprint density at radius 3 is 2.00 bits per heavy atom. The van der Waals surface area contributed by atoms with Crippen molar-refractivity contribution in [1.82, 2.24) is 15.1 Å². The molecule has 0 spiro atoms. The zero-order valence-corrected chi connectivity index (χ0v) is 15.8. The van der Waals surface area contributed by atoms with Gasteiger partial charge in [0.2, 0.25) is 0 Å². The minimum atomic E-state index is -0.246. The van der Waals surface area contributed by atoms with Crippen molar-refractivity contribution in [1.29, 1.82) is 0 Å². The summed E-state index contributed by atoms with van der Waals surface area (Å²) >= 11 is 0. The van der Waals surface area contributed by atoms with Gasteiger partial charge in [0.25, 0.3) is 11.8 Å². The lowest BCUT2D eigenvalue weighted by molar-refractivity contribution is 0.0653. The number of nitrogens with zero attached hydrogens (tertiary/aromatic N) is 2. The number of nitrogens with one attached hydrogen (secondary N) is 1. The Labute approximate surface area is 155 Å². The molecule has 4 amide bonds. The highest BCUT2D eigenvalue weighted by Gasteiger charge is 2.34. The Kier molecular flexibility index (Phi) is 7.63. The Balaban J connectivity index is 1.78. The van der Waals surface area contributed by atoms with Gasteiger partial charge in [-0.15, -0.1) is 0 Å². The molecule has 1 aliphatic rings. The molecule has 0 bridgehead atoms. The summed E-state index contributed by atoms with van der Waals surface area (Å²) in [6.07, 6.45) is 4.64. The molecule has 2 rings (SSSR count). The topological polar surface area (TPSA) is 69.7 Å². The van der Waals surface area contributed by atoms with Crippen LogP contribution in [0.1, 0.15) is 66.7 Å². The van der Waals surface area contributed by atoms with E-state index in [1.165, 1.54) is 4.90 Å². The van der Waals surface area contributed by atoms with Crippen LogP contribution in [0.5, 0.6) is 0 Å². The van der Waals surface area contributed by atoms with Crippen LogP contribution >= 0.6 is 0 Å². The minimum Gasteiger partial charge on any atom is -0.338 e. The van der Waals surface area contributed by atoms with Gasteiger partial charge in [-0.1, -0.05) is 38.8 Å². The summed E-state index contributed by atoms with van der Waals surface area (Å²) in [4.78, 5) is 40.0. The van der Waals surface area contributed by atoms with Crippen molar-refractivity contribution in [2.75, 3.05) is 26.2 Å². The van der Waals surface area contributed by atoms with Crippen LogP contribution in [0.15, 0.2) is 24.3 Å². The van der Waals surface area contributed by atoms with Crippen molar-refractivity contribution in [3.63, 3.8) is 0 Å². The maximum absolute atomic E-state index is 12.3. The third-order valence-corrected chi connectivity index (χ3v) is 4.56. The molecule has 0 atom stereocenters. The van der Waals surface area contributed by atoms with Gasteiger partial charge in [-0.25, -0.2) is 4.79 Å². The Hall–Kier alpha value is -2.37. The van der Waals surface area contributed by atoms with E-state index in [2.05, 4.69) is 19.2 Å². The second-order valence-corrected chi connectivity index (χ2v) is 6.59. The molecule has 1 aromatic carbocycles. The van der Waals surface area contributed by atoms with E-state index in [0.717, 1.165) is 38.8 Å². The molecule has 0 fully saturated rings. The molecule has 6 heteroatoms. The summed E-state index contributed by atoms with van der Waals surface area (Å²) in [7, 11) is 0. The summed E-state index contributed by atoms with van der Waals surface area (Å²) in [5.74, 6) is -0.492. The molecule has 0 saturated heterocycles. The molecule has 1 heterocycles. The Morgan fingerprint density at radius 2 is 1.50 bits per heavy atom. The molecule has 142 valence electrons. The molecule has 1 N–H and O–H groups in total. The van der Waals surface area contributed by atoms with Crippen molar-refractivity contribution in [2.24, 2.45) is 0 Å². The first kappa shape index (κ1) is 19.9. The molecule has 0 radical (unpaired) electrons. The van der Waals surface area contributed by atoms with E-state index in [-0.39, 0.29) is 17.8 Å². The largest absolute Gasteiger partial charge is 0.338 e. The first-order valence-corrected chi connectivity index (χ1v) is 9.58. The van der Waals surface area contributed by atoms with Crippen LogP contribution in [-0.2, 0) is 0 Å². The lowest BCUT2D eigenvalue weighted by Gasteiger charge is -2.23. The summed E-state index contributed by atoms with van der Waals surface area (Å²) in [6.45, 7) is 6.51. The van der Waals surface area contributed by atoms with Gasteiger partial charge in [0.1, 0.15) is 0 Å².